The second kappa shape index (κ2) is 7.01. The van der Waals surface area contributed by atoms with Crippen LogP contribution in [-0.4, -0.2) is 32.4 Å². The fourth-order valence-corrected chi connectivity index (χ4v) is 1.54. The number of aryl methyl sites for hydroxylation is 1. The van der Waals surface area contributed by atoms with Gasteiger partial charge in [0.25, 0.3) is 0 Å². The zero-order chi connectivity index (χ0) is 12.7. The van der Waals surface area contributed by atoms with Gasteiger partial charge in [0.2, 0.25) is 0 Å². The van der Waals surface area contributed by atoms with Gasteiger partial charge in [0.05, 0.1) is 6.54 Å². The summed E-state index contributed by atoms with van der Waals surface area (Å²) in [7, 11) is 1.86. The summed E-state index contributed by atoms with van der Waals surface area (Å²) in [6.07, 6.45) is 3.50. The summed E-state index contributed by atoms with van der Waals surface area (Å²) in [6.45, 7) is 3.64. The molecule has 0 aliphatic heterocycles. The molecule has 0 aliphatic carbocycles. The summed E-state index contributed by atoms with van der Waals surface area (Å²) in [5, 5.41) is 15.8. The molecule has 0 saturated heterocycles. The molecule has 96 valence electrons. The quantitative estimate of drug-likeness (QED) is 0.657. The molecular formula is C11H20N4O2. The van der Waals surface area contributed by atoms with Crippen LogP contribution in [0.3, 0.4) is 0 Å². The first-order valence-electron chi connectivity index (χ1n) is 5.85. The lowest BCUT2D eigenvalue weighted by Gasteiger charge is -2.10. The number of nitrogens with one attached hydrogen (secondary N) is 1. The summed E-state index contributed by atoms with van der Waals surface area (Å²) in [5.41, 5.74) is 0. The molecule has 0 aliphatic rings. The molecule has 0 radical (unpaired) electrons. The van der Waals surface area contributed by atoms with E-state index in [1.165, 1.54) is 6.33 Å². The van der Waals surface area contributed by atoms with Gasteiger partial charge in [-0.05, 0) is 25.3 Å². The van der Waals surface area contributed by atoms with Crippen molar-refractivity contribution in [2.75, 3.05) is 6.54 Å². The first-order chi connectivity index (χ1) is 8.09. The minimum absolute atomic E-state index is 0.254. The monoisotopic (exact) mass is 240 g/mol. The van der Waals surface area contributed by atoms with Crippen molar-refractivity contribution < 1.29 is 9.90 Å². The van der Waals surface area contributed by atoms with E-state index in [1.807, 2.05) is 7.05 Å². The highest BCUT2D eigenvalue weighted by atomic mass is 16.4. The van der Waals surface area contributed by atoms with Crippen LogP contribution in [0.2, 0.25) is 0 Å². The number of nitrogens with zero attached hydrogens (tertiary/aromatic N) is 3. The third kappa shape index (κ3) is 5.44. The van der Waals surface area contributed by atoms with Crippen molar-refractivity contribution >= 4 is 5.97 Å². The molecule has 0 spiro atoms. The smallest absolute Gasteiger partial charge is 0.303 e. The van der Waals surface area contributed by atoms with Gasteiger partial charge in [-0.1, -0.05) is 6.92 Å². The molecule has 1 aromatic heterocycles. The van der Waals surface area contributed by atoms with Crippen molar-refractivity contribution in [3.63, 3.8) is 0 Å². The third-order valence-electron chi connectivity index (χ3n) is 2.75. The Morgan fingerprint density at radius 1 is 1.59 bits per heavy atom. The molecule has 1 atom stereocenters. The number of hydrogen-bond acceptors (Lipinski definition) is 4. The summed E-state index contributed by atoms with van der Waals surface area (Å²) < 4.78 is 1.74. The number of aliphatic carboxylic acids is 1. The van der Waals surface area contributed by atoms with Crippen LogP contribution in [0.4, 0.5) is 0 Å². The summed E-state index contributed by atoms with van der Waals surface area (Å²) >= 11 is 0. The number of carbonyl (C=O) groups is 1. The number of carboxylic acid groups (broad SMARTS) is 1. The second-order valence-electron chi connectivity index (χ2n) is 4.30. The fourth-order valence-electron chi connectivity index (χ4n) is 1.54. The van der Waals surface area contributed by atoms with Crippen LogP contribution in [0.5, 0.6) is 0 Å². The van der Waals surface area contributed by atoms with Crippen LogP contribution in [-0.2, 0) is 18.4 Å². The lowest BCUT2D eigenvalue weighted by atomic mass is 10.0. The van der Waals surface area contributed by atoms with Crippen LogP contribution in [0.15, 0.2) is 6.33 Å². The first kappa shape index (κ1) is 13.6. The molecule has 1 rings (SSSR count). The zero-order valence-corrected chi connectivity index (χ0v) is 10.4. The summed E-state index contributed by atoms with van der Waals surface area (Å²) in [6, 6.07) is 0. The Hall–Kier alpha value is -1.43. The van der Waals surface area contributed by atoms with Gasteiger partial charge in [-0.2, -0.15) is 5.10 Å². The normalized spacial score (nSPS) is 12.6. The van der Waals surface area contributed by atoms with E-state index in [2.05, 4.69) is 22.3 Å². The van der Waals surface area contributed by atoms with E-state index in [-0.39, 0.29) is 6.42 Å². The highest BCUT2D eigenvalue weighted by Gasteiger charge is 2.05. The van der Waals surface area contributed by atoms with Crippen LogP contribution in [0, 0.1) is 5.92 Å². The van der Waals surface area contributed by atoms with E-state index in [4.69, 9.17) is 5.11 Å². The van der Waals surface area contributed by atoms with Gasteiger partial charge in [0.15, 0.2) is 0 Å². The minimum Gasteiger partial charge on any atom is -0.481 e. The second-order valence-corrected chi connectivity index (χ2v) is 4.30. The van der Waals surface area contributed by atoms with Gasteiger partial charge in [-0.3, -0.25) is 9.48 Å². The van der Waals surface area contributed by atoms with Crippen LogP contribution < -0.4 is 5.32 Å². The van der Waals surface area contributed by atoms with E-state index in [9.17, 15) is 4.79 Å². The maximum absolute atomic E-state index is 10.4. The Morgan fingerprint density at radius 2 is 2.35 bits per heavy atom. The Kier molecular flexibility index (Phi) is 5.62. The average molecular weight is 240 g/mol. The number of hydrogen-bond donors (Lipinski definition) is 2. The Bertz CT molecular complexity index is 351. The van der Waals surface area contributed by atoms with Gasteiger partial charge in [-0.25, -0.2) is 4.98 Å². The van der Waals surface area contributed by atoms with E-state index in [0.717, 1.165) is 25.2 Å². The third-order valence-corrected chi connectivity index (χ3v) is 2.75. The highest BCUT2D eigenvalue weighted by Crippen LogP contribution is 2.09. The van der Waals surface area contributed by atoms with Crippen molar-refractivity contribution in [2.24, 2.45) is 13.0 Å². The predicted molar refractivity (Wildman–Crippen MR) is 63.4 cm³/mol. The van der Waals surface area contributed by atoms with Gasteiger partial charge in [0, 0.05) is 13.5 Å². The van der Waals surface area contributed by atoms with Crippen LogP contribution >= 0.6 is 0 Å². The average Bonchev–Trinajstić information content (AvgIpc) is 2.68. The van der Waals surface area contributed by atoms with E-state index in [0.29, 0.717) is 12.5 Å². The van der Waals surface area contributed by atoms with Crippen molar-refractivity contribution in [2.45, 2.75) is 32.7 Å². The van der Waals surface area contributed by atoms with Crippen molar-refractivity contribution in [1.82, 2.24) is 20.1 Å². The molecule has 1 unspecified atom stereocenters. The molecule has 0 bridgehead atoms. The van der Waals surface area contributed by atoms with Crippen molar-refractivity contribution in [1.29, 1.82) is 0 Å². The topological polar surface area (TPSA) is 80.0 Å². The van der Waals surface area contributed by atoms with Gasteiger partial charge < -0.3 is 10.4 Å². The number of carboxylic acids is 1. The molecule has 6 nitrogen and oxygen atoms in total. The maximum Gasteiger partial charge on any atom is 0.303 e. The molecular weight excluding hydrogens is 220 g/mol. The standard InChI is InChI=1S/C11H20N4O2/c1-9(3-4-11(16)17)5-6-12-7-10-13-8-14-15(10)2/h8-9,12H,3-7H2,1-2H3,(H,16,17). The molecule has 0 aromatic carbocycles. The van der Waals surface area contributed by atoms with Gasteiger partial charge in [0.1, 0.15) is 12.2 Å². The van der Waals surface area contributed by atoms with E-state index in [1.54, 1.807) is 4.68 Å². The minimum atomic E-state index is -0.719. The lowest BCUT2D eigenvalue weighted by molar-refractivity contribution is -0.137. The molecule has 2 N–H and O–H groups in total. The molecule has 17 heavy (non-hydrogen) atoms. The van der Waals surface area contributed by atoms with E-state index >= 15 is 0 Å². The molecule has 1 heterocycles. The highest BCUT2D eigenvalue weighted by molar-refractivity contribution is 5.66. The molecule has 0 amide bonds. The Labute approximate surface area is 101 Å². The fraction of sp³-hybridized carbons (Fsp3) is 0.727. The van der Waals surface area contributed by atoms with E-state index < -0.39 is 5.97 Å². The Balaban J connectivity index is 2.08. The predicted octanol–water partition coefficient (Wildman–Crippen LogP) is 0.796. The maximum atomic E-state index is 10.4. The van der Waals surface area contributed by atoms with Gasteiger partial charge >= 0.3 is 5.97 Å². The number of aromatic nitrogens is 3. The number of rotatable bonds is 8. The Morgan fingerprint density at radius 3 is 2.94 bits per heavy atom. The summed E-state index contributed by atoms with van der Waals surface area (Å²) in [4.78, 5) is 14.5. The molecule has 0 saturated carbocycles. The largest absolute Gasteiger partial charge is 0.481 e. The first-order valence-corrected chi connectivity index (χ1v) is 5.85. The molecule has 6 heteroatoms. The van der Waals surface area contributed by atoms with Crippen LogP contribution in [0.1, 0.15) is 32.0 Å². The van der Waals surface area contributed by atoms with Crippen molar-refractivity contribution in [3.8, 4) is 0 Å². The van der Waals surface area contributed by atoms with Gasteiger partial charge in [-0.15, -0.1) is 0 Å². The SMILES string of the molecule is CC(CCNCc1ncnn1C)CCC(=O)O. The molecule has 1 aromatic rings. The zero-order valence-electron chi connectivity index (χ0n) is 10.4. The van der Waals surface area contributed by atoms with Crippen molar-refractivity contribution in [3.05, 3.63) is 12.2 Å². The van der Waals surface area contributed by atoms with Crippen LogP contribution in [0.25, 0.3) is 0 Å². The lowest BCUT2D eigenvalue weighted by Crippen LogP contribution is -2.19. The molecule has 0 fully saturated rings. The summed E-state index contributed by atoms with van der Waals surface area (Å²) in [5.74, 6) is 0.616.